The number of carbonyl (C=O) groups excluding carboxylic acids is 2. The summed E-state index contributed by atoms with van der Waals surface area (Å²) in [5.41, 5.74) is 5.00. The molecule has 0 bridgehead atoms. The Hall–Kier alpha value is -1.54. The third kappa shape index (κ3) is 7.46. The lowest BCUT2D eigenvalue weighted by molar-refractivity contribution is 0.0528. The molecule has 0 spiro atoms. The van der Waals surface area contributed by atoms with E-state index in [1.807, 2.05) is 0 Å². The van der Waals surface area contributed by atoms with Crippen molar-refractivity contribution in [2.24, 2.45) is 5.73 Å². The zero-order valence-corrected chi connectivity index (χ0v) is 13.9. The van der Waals surface area contributed by atoms with Gasteiger partial charge in [0.2, 0.25) is 0 Å². The molecule has 1 aliphatic rings. The molecule has 8 heteroatoms. The maximum Gasteiger partial charge on any atom is 0.407 e. The number of nitrogens with two attached hydrogens (primary N) is 1. The summed E-state index contributed by atoms with van der Waals surface area (Å²) in [6.07, 6.45) is -0.475. The molecule has 0 atom stereocenters. The maximum atomic E-state index is 12.0. The van der Waals surface area contributed by atoms with Crippen LogP contribution in [0.25, 0.3) is 0 Å². The molecule has 3 amide bonds. The van der Waals surface area contributed by atoms with Crippen molar-refractivity contribution in [3.8, 4) is 0 Å². The molecular weight excluding hydrogens is 286 g/mol. The number of hydrogen-bond acceptors (Lipinski definition) is 5. The predicted octanol–water partition coefficient (Wildman–Crippen LogP) is -0.203. The molecule has 1 rings (SSSR count). The molecule has 1 aliphatic heterocycles. The minimum Gasteiger partial charge on any atom is -0.444 e. The van der Waals surface area contributed by atoms with E-state index in [0.29, 0.717) is 32.7 Å². The Morgan fingerprint density at radius 1 is 1.09 bits per heavy atom. The second-order valence-electron chi connectivity index (χ2n) is 6.28. The van der Waals surface area contributed by atoms with E-state index < -0.39 is 11.7 Å². The highest BCUT2D eigenvalue weighted by Crippen LogP contribution is 2.06. The first-order valence-electron chi connectivity index (χ1n) is 7.74. The topological polar surface area (TPSA) is 99.9 Å². The molecule has 8 nitrogen and oxygen atoms in total. The second-order valence-corrected chi connectivity index (χ2v) is 6.28. The predicted molar refractivity (Wildman–Crippen MR) is 84.7 cm³/mol. The Balaban J connectivity index is 2.13. The Morgan fingerprint density at radius 2 is 1.68 bits per heavy atom. The first-order valence-corrected chi connectivity index (χ1v) is 7.74. The van der Waals surface area contributed by atoms with Crippen LogP contribution in [0.4, 0.5) is 9.59 Å². The zero-order valence-electron chi connectivity index (χ0n) is 13.9. The summed E-state index contributed by atoms with van der Waals surface area (Å²) < 4.78 is 5.11. The molecule has 1 fully saturated rings. The molecule has 4 N–H and O–H groups in total. The van der Waals surface area contributed by atoms with Crippen LogP contribution in [0.2, 0.25) is 0 Å². The number of ether oxygens (including phenoxy) is 1. The van der Waals surface area contributed by atoms with E-state index in [1.165, 1.54) is 0 Å². The van der Waals surface area contributed by atoms with Crippen molar-refractivity contribution in [3.05, 3.63) is 0 Å². The summed E-state index contributed by atoms with van der Waals surface area (Å²) in [5, 5.41) is 5.40. The molecular formula is C14H29N5O3. The summed E-state index contributed by atoms with van der Waals surface area (Å²) in [7, 11) is 0. The number of alkyl carbamates (subject to hydrolysis) is 1. The number of rotatable bonds is 5. The van der Waals surface area contributed by atoms with Crippen molar-refractivity contribution >= 4 is 12.1 Å². The van der Waals surface area contributed by atoms with Crippen LogP contribution in [0.1, 0.15) is 20.8 Å². The summed E-state index contributed by atoms with van der Waals surface area (Å²) in [5.74, 6) is 0. The minimum atomic E-state index is -0.517. The number of carbonyl (C=O) groups is 2. The summed E-state index contributed by atoms with van der Waals surface area (Å²) in [4.78, 5) is 27.4. The molecule has 0 unspecified atom stereocenters. The van der Waals surface area contributed by atoms with Gasteiger partial charge in [-0.15, -0.1) is 0 Å². The highest BCUT2D eigenvalue weighted by Gasteiger charge is 2.20. The lowest BCUT2D eigenvalue weighted by atomic mass is 10.2. The van der Waals surface area contributed by atoms with Crippen molar-refractivity contribution in [2.75, 3.05) is 52.4 Å². The monoisotopic (exact) mass is 315 g/mol. The fraction of sp³-hybridized carbons (Fsp3) is 0.857. The number of nitrogens with zero attached hydrogens (tertiary/aromatic N) is 2. The fourth-order valence-corrected chi connectivity index (χ4v) is 2.12. The van der Waals surface area contributed by atoms with Gasteiger partial charge >= 0.3 is 12.1 Å². The zero-order chi connectivity index (χ0) is 16.6. The highest BCUT2D eigenvalue weighted by molar-refractivity contribution is 5.74. The molecule has 0 aliphatic carbocycles. The van der Waals surface area contributed by atoms with Gasteiger partial charge in [-0.3, -0.25) is 4.90 Å². The van der Waals surface area contributed by atoms with E-state index in [-0.39, 0.29) is 6.03 Å². The van der Waals surface area contributed by atoms with Crippen LogP contribution in [-0.4, -0.2) is 79.9 Å². The van der Waals surface area contributed by atoms with Crippen molar-refractivity contribution in [1.82, 2.24) is 20.4 Å². The summed E-state index contributed by atoms with van der Waals surface area (Å²) in [6.45, 7) is 10.7. The molecule has 1 saturated heterocycles. The van der Waals surface area contributed by atoms with Crippen molar-refractivity contribution < 1.29 is 14.3 Å². The third-order valence-corrected chi connectivity index (χ3v) is 3.17. The fourth-order valence-electron chi connectivity index (χ4n) is 2.12. The quantitative estimate of drug-likeness (QED) is 0.610. The van der Waals surface area contributed by atoms with Gasteiger partial charge in [0.05, 0.1) is 0 Å². The molecule has 22 heavy (non-hydrogen) atoms. The van der Waals surface area contributed by atoms with Crippen molar-refractivity contribution in [2.45, 2.75) is 26.4 Å². The van der Waals surface area contributed by atoms with E-state index in [1.54, 1.807) is 25.7 Å². The Morgan fingerprint density at radius 3 is 2.23 bits per heavy atom. The first kappa shape index (κ1) is 18.5. The van der Waals surface area contributed by atoms with Gasteiger partial charge in [0, 0.05) is 52.4 Å². The number of urea groups is 1. The molecule has 0 saturated carbocycles. The van der Waals surface area contributed by atoms with Crippen LogP contribution in [0.15, 0.2) is 0 Å². The van der Waals surface area contributed by atoms with Crippen LogP contribution < -0.4 is 16.4 Å². The Bertz CT molecular complexity index is 362. The molecule has 128 valence electrons. The average Bonchev–Trinajstić information content (AvgIpc) is 2.42. The molecule has 1 heterocycles. The Labute approximate surface area is 132 Å². The third-order valence-electron chi connectivity index (χ3n) is 3.17. The van der Waals surface area contributed by atoms with E-state index in [9.17, 15) is 9.59 Å². The SMILES string of the molecule is CC(C)(C)OC(=O)NCCNC(=O)N1CCN(CCN)CC1. The van der Waals surface area contributed by atoms with Crippen LogP contribution in [0, 0.1) is 0 Å². The van der Waals surface area contributed by atoms with Crippen LogP contribution in [-0.2, 0) is 4.74 Å². The molecule has 0 radical (unpaired) electrons. The van der Waals surface area contributed by atoms with Gasteiger partial charge in [0.15, 0.2) is 0 Å². The van der Waals surface area contributed by atoms with Crippen molar-refractivity contribution in [3.63, 3.8) is 0 Å². The van der Waals surface area contributed by atoms with E-state index in [0.717, 1.165) is 19.6 Å². The van der Waals surface area contributed by atoms with Crippen LogP contribution in [0.5, 0.6) is 0 Å². The van der Waals surface area contributed by atoms with Gasteiger partial charge in [-0.25, -0.2) is 9.59 Å². The molecule has 0 aromatic rings. The first-order chi connectivity index (χ1) is 10.3. The van der Waals surface area contributed by atoms with Gasteiger partial charge in [-0.05, 0) is 20.8 Å². The maximum absolute atomic E-state index is 12.0. The summed E-state index contributed by atoms with van der Waals surface area (Å²) in [6, 6.07) is -0.0987. The normalized spacial score (nSPS) is 16.3. The lowest BCUT2D eigenvalue weighted by Crippen LogP contribution is -2.53. The highest BCUT2D eigenvalue weighted by atomic mass is 16.6. The van der Waals surface area contributed by atoms with Crippen molar-refractivity contribution in [1.29, 1.82) is 0 Å². The molecule has 0 aromatic carbocycles. The van der Waals surface area contributed by atoms with Gasteiger partial charge in [0.1, 0.15) is 5.60 Å². The standard InChI is InChI=1S/C14H29N5O3/c1-14(2,3)22-13(21)17-6-5-16-12(20)19-10-8-18(7-4-15)9-11-19/h4-11,15H2,1-3H3,(H,16,20)(H,17,21). The Kier molecular flexibility index (Phi) is 7.40. The lowest BCUT2D eigenvalue weighted by Gasteiger charge is -2.34. The minimum absolute atomic E-state index is 0.0987. The van der Waals surface area contributed by atoms with Gasteiger partial charge in [-0.2, -0.15) is 0 Å². The largest absolute Gasteiger partial charge is 0.444 e. The summed E-state index contributed by atoms with van der Waals surface area (Å²) >= 11 is 0. The smallest absolute Gasteiger partial charge is 0.407 e. The van der Waals surface area contributed by atoms with E-state index in [4.69, 9.17) is 10.5 Å². The average molecular weight is 315 g/mol. The van der Waals surface area contributed by atoms with E-state index in [2.05, 4.69) is 15.5 Å². The number of piperazine rings is 1. The number of amides is 3. The molecule has 0 aromatic heterocycles. The second kappa shape index (κ2) is 8.79. The number of nitrogens with one attached hydrogen (secondary N) is 2. The van der Waals surface area contributed by atoms with Gasteiger partial charge in [0.25, 0.3) is 0 Å². The van der Waals surface area contributed by atoms with Crippen LogP contribution >= 0.6 is 0 Å². The van der Waals surface area contributed by atoms with Crippen LogP contribution in [0.3, 0.4) is 0 Å². The van der Waals surface area contributed by atoms with Gasteiger partial charge < -0.3 is 26.0 Å². The van der Waals surface area contributed by atoms with E-state index >= 15 is 0 Å². The number of hydrogen-bond donors (Lipinski definition) is 3. The van der Waals surface area contributed by atoms with Gasteiger partial charge in [-0.1, -0.05) is 0 Å².